The number of likely N-dealkylation sites (N-methyl/N-ethyl adjacent to an activating group) is 1. The van der Waals surface area contributed by atoms with Crippen molar-refractivity contribution in [1.29, 1.82) is 0 Å². The fourth-order valence-corrected chi connectivity index (χ4v) is 2.21. The predicted octanol–water partition coefficient (Wildman–Crippen LogP) is 0.0706. The molecule has 2 fully saturated rings. The fourth-order valence-electron chi connectivity index (χ4n) is 2.21. The van der Waals surface area contributed by atoms with Crippen molar-refractivity contribution in [2.45, 2.75) is 18.4 Å². The molecule has 2 heterocycles. The van der Waals surface area contributed by atoms with Gasteiger partial charge in [-0.3, -0.25) is 4.90 Å². The molecule has 12 heavy (non-hydrogen) atoms. The Hall–Kier alpha value is -0.120. The molecule has 0 radical (unpaired) electrons. The highest BCUT2D eigenvalue weighted by Crippen LogP contribution is 2.25. The SMILES string of the molecule is CN1CCOC[C@@]12CCCNC2. The molecule has 2 saturated heterocycles. The Labute approximate surface area is 74.1 Å². The lowest BCUT2D eigenvalue weighted by molar-refractivity contribution is -0.0657. The highest BCUT2D eigenvalue weighted by molar-refractivity contribution is 4.95. The zero-order valence-electron chi connectivity index (χ0n) is 7.81. The van der Waals surface area contributed by atoms with E-state index in [1.165, 1.54) is 19.4 Å². The van der Waals surface area contributed by atoms with Gasteiger partial charge in [0.15, 0.2) is 0 Å². The van der Waals surface area contributed by atoms with Crippen LogP contribution in [0.1, 0.15) is 12.8 Å². The molecule has 0 aromatic heterocycles. The van der Waals surface area contributed by atoms with Crippen LogP contribution in [0.15, 0.2) is 0 Å². The van der Waals surface area contributed by atoms with Crippen molar-refractivity contribution in [3.8, 4) is 0 Å². The molecule has 1 atom stereocenters. The third kappa shape index (κ3) is 1.37. The number of morpholine rings is 1. The summed E-state index contributed by atoms with van der Waals surface area (Å²) in [5.41, 5.74) is 0.316. The lowest BCUT2D eigenvalue weighted by atomic mass is 9.88. The van der Waals surface area contributed by atoms with Gasteiger partial charge in [0.2, 0.25) is 0 Å². The van der Waals surface area contributed by atoms with Crippen molar-refractivity contribution in [2.75, 3.05) is 39.9 Å². The van der Waals surface area contributed by atoms with Gasteiger partial charge in [-0.15, -0.1) is 0 Å². The molecule has 0 aromatic carbocycles. The van der Waals surface area contributed by atoms with Crippen LogP contribution in [0.4, 0.5) is 0 Å². The summed E-state index contributed by atoms with van der Waals surface area (Å²) in [7, 11) is 2.22. The van der Waals surface area contributed by atoms with E-state index in [0.29, 0.717) is 5.54 Å². The molecule has 70 valence electrons. The van der Waals surface area contributed by atoms with E-state index in [9.17, 15) is 0 Å². The molecule has 0 saturated carbocycles. The van der Waals surface area contributed by atoms with Gasteiger partial charge in [-0.2, -0.15) is 0 Å². The minimum atomic E-state index is 0.316. The Morgan fingerprint density at radius 2 is 2.42 bits per heavy atom. The predicted molar refractivity (Wildman–Crippen MR) is 48.3 cm³/mol. The van der Waals surface area contributed by atoms with E-state index in [2.05, 4.69) is 17.3 Å². The number of nitrogens with one attached hydrogen (secondary N) is 1. The van der Waals surface area contributed by atoms with Crippen LogP contribution in [0.3, 0.4) is 0 Å². The van der Waals surface area contributed by atoms with Crippen LogP contribution in [0.5, 0.6) is 0 Å². The van der Waals surface area contributed by atoms with Crippen molar-refractivity contribution in [1.82, 2.24) is 10.2 Å². The van der Waals surface area contributed by atoms with Crippen molar-refractivity contribution in [2.24, 2.45) is 0 Å². The van der Waals surface area contributed by atoms with Gasteiger partial charge in [-0.1, -0.05) is 0 Å². The van der Waals surface area contributed by atoms with Gasteiger partial charge in [-0.25, -0.2) is 0 Å². The van der Waals surface area contributed by atoms with Crippen LogP contribution < -0.4 is 5.32 Å². The summed E-state index contributed by atoms with van der Waals surface area (Å²) in [5.74, 6) is 0. The molecule has 0 amide bonds. The number of ether oxygens (including phenoxy) is 1. The fraction of sp³-hybridized carbons (Fsp3) is 1.00. The number of rotatable bonds is 0. The van der Waals surface area contributed by atoms with Crippen LogP contribution in [-0.2, 0) is 4.74 Å². The van der Waals surface area contributed by atoms with Gasteiger partial charge in [0.05, 0.1) is 18.8 Å². The largest absolute Gasteiger partial charge is 0.378 e. The van der Waals surface area contributed by atoms with Crippen LogP contribution in [0, 0.1) is 0 Å². The molecule has 0 aliphatic carbocycles. The first-order valence-corrected chi connectivity index (χ1v) is 4.83. The van der Waals surface area contributed by atoms with E-state index < -0.39 is 0 Å². The maximum atomic E-state index is 5.55. The summed E-state index contributed by atoms with van der Waals surface area (Å²) >= 11 is 0. The lowest BCUT2D eigenvalue weighted by Gasteiger charge is -2.47. The van der Waals surface area contributed by atoms with Gasteiger partial charge >= 0.3 is 0 Å². The lowest BCUT2D eigenvalue weighted by Crippen LogP contribution is -2.62. The second kappa shape index (κ2) is 3.32. The summed E-state index contributed by atoms with van der Waals surface area (Å²) in [6.45, 7) is 5.18. The van der Waals surface area contributed by atoms with E-state index in [1.54, 1.807) is 0 Å². The number of nitrogens with zero attached hydrogens (tertiary/aromatic N) is 1. The molecule has 0 unspecified atom stereocenters. The molecule has 1 N–H and O–H groups in total. The van der Waals surface area contributed by atoms with Gasteiger partial charge < -0.3 is 10.1 Å². The van der Waals surface area contributed by atoms with Crippen LogP contribution in [0.25, 0.3) is 0 Å². The van der Waals surface area contributed by atoms with Gasteiger partial charge in [-0.05, 0) is 26.4 Å². The molecular weight excluding hydrogens is 152 g/mol. The Morgan fingerprint density at radius 1 is 1.50 bits per heavy atom. The molecular formula is C9H18N2O. The number of piperidine rings is 1. The Balaban J connectivity index is 2.04. The minimum Gasteiger partial charge on any atom is -0.378 e. The zero-order chi connectivity index (χ0) is 8.44. The Morgan fingerprint density at radius 3 is 3.08 bits per heavy atom. The maximum Gasteiger partial charge on any atom is 0.0663 e. The average molecular weight is 170 g/mol. The second-order valence-corrected chi connectivity index (χ2v) is 3.98. The molecule has 2 rings (SSSR count). The van der Waals surface area contributed by atoms with Crippen LogP contribution in [0.2, 0.25) is 0 Å². The second-order valence-electron chi connectivity index (χ2n) is 3.98. The summed E-state index contributed by atoms with van der Waals surface area (Å²) in [5, 5.41) is 3.45. The monoisotopic (exact) mass is 170 g/mol. The highest BCUT2D eigenvalue weighted by atomic mass is 16.5. The van der Waals surface area contributed by atoms with E-state index in [1.807, 2.05) is 0 Å². The smallest absolute Gasteiger partial charge is 0.0663 e. The molecule has 0 aromatic rings. The third-order valence-corrected chi connectivity index (χ3v) is 3.20. The van der Waals surface area contributed by atoms with E-state index in [4.69, 9.17) is 4.74 Å². The normalized spacial score (nSPS) is 38.8. The average Bonchev–Trinajstić information content (AvgIpc) is 2.12. The van der Waals surface area contributed by atoms with Crippen LogP contribution in [-0.4, -0.2) is 50.3 Å². The number of hydrogen-bond acceptors (Lipinski definition) is 3. The van der Waals surface area contributed by atoms with Crippen molar-refractivity contribution in [3.63, 3.8) is 0 Å². The molecule has 0 bridgehead atoms. The summed E-state index contributed by atoms with van der Waals surface area (Å²) in [6, 6.07) is 0. The third-order valence-electron chi connectivity index (χ3n) is 3.20. The maximum absolute atomic E-state index is 5.55. The number of hydrogen-bond donors (Lipinski definition) is 1. The first-order valence-electron chi connectivity index (χ1n) is 4.83. The standard InChI is InChI=1S/C9H18N2O/c1-11-5-6-12-8-9(11)3-2-4-10-7-9/h10H,2-8H2,1H3/t9-/m0/s1. The summed E-state index contributed by atoms with van der Waals surface area (Å²) < 4.78 is 5.55. The van der Waals surface area contributed by atoms with Crippen molar-refractivity contribution < 1.29 is 4.74 Å². The van der Waals surface area contributed by atoms with Crippen LogP contribution >= 0.6 is 0 Å². The van der Waals surface area contributed by atoms with E-state index in [0.717, 1.165) is 26.3 Å². The summed E-state index contributed by atoms with van der Waals surface area (Å²) in [6.07, 6.45) is 2.57. The quantitative estimate of drug-likeness (QED) is 0.557. The zero-order valence-corrected chi connectivity index (χ0v) is 7.81. The topological polar surface area (TPSA) is 24.5 Å². The van der Waals surface area contributed by atoms with Gasteiger partial charge in [0, 0.05) is 13.1 Å². The minimum absolute atomic E-state index is 0.316. The van der Waals surface area contributed by atoms with E-state index in [-0.39, 0.29) is 0 Å². The van der Waals surface area contributed by atoms with Crippen molar-refractivity contribution >= 4 is 0 Å². The molecule has 3 heteroatoms. The van der Waals surface area contributed by atoms with Gasteiger partial charge in [0.1, 0.15) is 0 Å². The molecule has 2 aliphatic rings. The van der Waals surface area contributed by atoms with Gasteiger partial charge in [0.25, 0.3) is 0 Å². The molecule has 2 aliphatic heterocycles. The first-order chi connectivity index (χ1) is 5.83. The molecule has 3 nitrogen and oxygen atoms in total. The highest BCUT2D eigenvalue weighted by Gasteiger charge is 2.38. The Bertz CT molecular complexity index is 146. The molecule has 1 spiro atoms. The first kappa shape index (κ1) is 8.48. The van der Waals surface area contributed by atoms with Crippen molar-refractivity contribution in [3.05, 3.63) is 0 Å². The van der Waals surface area contributed by atoms with E-state index >= 15 is 0 Å². The Kier molecular flexibility index (Phi) is 2.35. The summed E-state index contributed by atoms with van der Waals surface area (Å²) in [4.78, 5) is 2.46.